The van der Waals surface area contributed by atoms with Gasteiger partial charge in [-0.1, -0.05) is 26.7 Å². The monoisotopic (exact) mass is 429 g/mol. The molecule has 2 atom stereocenters. The van der Waals surface area contributed by atoms with Gasteiger partial charge in [0.05, 0.1) is 5.41 Å². The number of anilines is 1. The van der Waals surface area contributed by atoms with Crippen molar-refractivity contribution in [2.24, 2.45) is 11.3 Å². The summed E-state index contributed by atoms with van der Waals surface area (Å²) in [5.41, 5.74) is 0.603. The van der Waals surface area contributed by atoms with E-state index in [4.69, 9.17) is 0 Å². The van der Waals surface area contributed by atoms with Crippen molar-refractivity contribution in [3.05, 3.63) is 30.1 Å². The summed E-state index contributed by atoms with van der Waals surface area (Å²) in [5, 5.41) is 0. The molecular formula is C25H36FN3O2. The van der Waals surface area contributed by atoms with Gasteiger partial charge in [0.25, 0.3) is 0 Å². The number of fused-ring (bicyclic) bond motifs is 1. The van der Waals surface area contributed by atoms with Gasteiger partial charge in [-0.3, -0.25) is 9.59 Å². The first-order valence-electron chi connectivity index (χ1n) is 12.0. The molecule has 31 heavy (non-hydrogen) atoms. The van der Waals surface area contributed by atoms with Crippen LogP contribution in [0.25, 0.3) is 0 Å². The molecule has 2 amide bonds. The fraction of sp³-hybridized carbons (Fsp3) is 0.680. The fourth-order valence-electron chi connectivity index (χ4n) is 5.78. The summed E-state index contributed by atoms with van der Waals surface area (Å²) < 4.78 is 13.2. The first-order valence-corrected chi connectivity index (χ1v) is 12.0. The van der Waals surface area contributed by atoms with Crippen LogP contribution in [0.2, 0.25) is 0 Å². The second kappa shape index (κ2) is 9.17. The quantitative estimate of drug-likeness (QED) is 0.709. The van der Waals surface area contributed by atoms with Crippen LogP contribution in [0.1, 0.15) is 58.8 Å². The van der Waals surface area contributed by atoms with Crippen LogP contribution in [-0.2, 0) is 9.59 Å². The van der Waals surface area contributed by atoms with Crippen LogP contribution < -0.4 is 4.90 Å². The first-order chi connectivity index (χ1) is 14.9. The van der Waals surface area contributed by atoms with Crippen LogP contribution in [0, 0.1) is 17.2 Å². The van der Waals surface area contributed by atoms with Gasteiger partial charge in [-0.15, -0.1) is 0 Å². The van der Waals surface area contributed by atoms with Crippen LogP contribution in [0.15, 0.2) is 24.3 Å². The molecule has 5 nitrogen and oxygen atoms in total. The Morgan fingerprint density at radius 3 is 2.48 bits per heavy atom. The van der Waals surface area contributed by atoms with Gasteiger partial charge >= 0.3 is 0 Å². The van der Waals surface area contributed by atoms with Crippen molar-refractivity contribution in [2.75, 3.05) is 37.6 Å². The predicted molar refractivity (Wildman–Crippen MR) is 120 cm³/mol. The molecule has 2 heterocycles. The molecule has 4 rings (SSSR count). The van der Waals surface area contributed by atoms with Crippen molar-refractivity contribution in [1.29, 1.82) is 0 Å². The van der Waals surface area contributed by atoms with Crippen LogP contribution in [0.5, 0.6) is 0 Å². The van der Waals surface area contributed by atoms with E-state index in [2.05, 4.69) is 23.6 Å². The molecule has 3 aliphatic rings. The maximum atomic E-state index is 13.9. The van der Waals surface area contributed by atoms with Gasteiger partial charge in [0, 0.05) is 50.9 Å². The van der Waals surface area contributed by atoms with Crippen molar-refractivity contribution in [1.82, 2.24) is 9.80 Å². The number of amides is 2. The Morgan fingerprint density at radius 2 is 1.81 bits per heavy atom. The predicted octanol–water partition coefficient (Wildman–Crippen LogP) is 4.07. The van der Waals surface area contributed by atoms with E-state index in [1.54, 1.807) is 0 Å². The van der Waals surface area contributed by atoms with Gasteiger partial charge < -0.3 is 14.7 Å². The standard InChI is InChI=1S/C25H36FN3O2/c1-19(2)11-14-29-22-5-3-4-12-25(22,13-10-23(29)30)24(31)28-17-15-27(16-18-28)21-8-6-20(26)7-9-21/h6-9,19,22H,3-5,10-18H2,1-2H3/t22-,25-/m1/s1. The lowest BCUT2D eigenvalue weighted by molar-refractivity contribution is -0.162. The lowest BCUT2D eigenvalue weighted by Crippen LogP contribution is -2.64. The molecule has 1 aromatic rings. The summed E-state index contributed by atoms with van der Waals surface area (Å²) in [7, 11) is 0. The zero-order chi connectivity index (χ0) is 22.0. The molecule has 2 aliphatic heterocycles. The van der Waals surface area contributed by atoms with E-state index in [-0.39, 0.29) is 23.7 Å². The van der Waals surface area contributed by atoms with Crippen LogP contribution >= 0.6 is 0 Å². The summed E-state index contributed by atoms with van der Waals surface area (Å²) in [6, 6.07) is 6.65. The SMILES string of the molecule is CC(C)CCN1C(=O)CC[C@]2(C(=O)N3CCN(c4ccc(F)cc4)CC3)CCCC[C@@H]12. The zero-order valence-corrected chi connectivity index (χ0v) is 19.0. The molecule has 0 aromatic heterocycles. The zero-order valence-electron chi connectivity index (χ0n) is 19.0. The number of rotatable bonds is 5. The maximum Gasteiger partial charge on any atom is 0.231 e. The lowest BCUT2D eigenvalue weighted by Gasteiger charge is -2.53. The number of hydrogen-bond donors (Lipinski definition) is 0. The van der Waals surface area contributed by atoms with Crippen molar-refractivity contribution in [2.45, 2.75) is 64.8 Å². The summed E-state index contributed by atoms with van der Waals surface area (Å²) in [6.45, 7) is 8.04. The number of piperazine rings is 1. The number of nitrogens with zero attached hydrogens (tertiary/aromatic N) is 3. The summed E-state index contributed by atoms with van der Waals surface area (Å²) in [6.07, 6.45) is 6.21. The van der Waals surface area contributed by atoms with Gasteiger partial charge in [-0.05, 0) is 55.9 Å². The summed E-state index contributed by atoms with van der Waals surface area (Å²) in [4.78, 5) is 33.0. The highest BCUT2D eigenvalue weighted by Crippen LogP contribution is 2.48. The number of carbonyl (C=O) groups excluding carboxylic acids is 2. The molecule has 6 heteroatoms. The van der Waals surface area contributed by atoms with Crippen LogP contribution in [-0.4, -0.2) is 60.4 Å². The molecule has 170 valence electrons. The number of benzene rings is 1. The lowest BCUT2D eigenvalue weighted by atomic mass is 9.64. The summed E-state index contributed by atoms with van der Waals surface area (Å²) >= 11 is 0. The second-order valence-electron chi connectivity index (χ2n) is 9.94. The second-order valence-corrected chi connectivity index (χ2v) is 9.94. The van der Waals surface area contributed by atoms with E-state index in [9.17, 15) is 14.0 Å². The van der Waals surface area contributed by atoms with E-state index >= 15 is 0 Å². The van der Waals surface area contributed by atoms with Gasteiger partial charge in [-0.2, -0.15) is 0 Å². The Morgan fingerprint density at radius 1 is 1.10 bits per heavy atom. The van der Waals surface area contributed by atoms with Crippen molar-refractivity contribution >= 4 is 17.5 Å². The molecule has 0 N–H and O–H groups in total. The minimum absolute atomic E-state index is 0.0591. The molecule has 1 aliphatic carbocycles. The van der Waals surface area contributed by atoms with E-state index in [1.165, 1.54) is 12.1 Å². The van der Waals surface area contributed by atoms with Crippen molar-refractivity contribution in [3.63, 3.8) is 0 Å². The first kappa shape index (κ1) is 22.1. The smallest absolute Gasteiger partial charge is 0.231 e. The number of halogens is 1. The number of carbonyl (C=O) groups is 2. The molecule has 0 bridgehead atoms. The minimum atomic E-state index is -0.402. The summed E-state index contributed by atoms with van der Waals surface area (Å²) in [5.74, 6) is 0.812. The van der Waals surface area contributed by atoms with Crippen molar-refractivity contribution in [3.8, 4) is 0 Å². The van der Waals surface area contributed by atoms with Gasteiger partial charge in [0.15, 0.2) is 0 Å². The third-order valence-electron chi connectivity index (χ3n) is 7.60. The fourth-order valence-corrected chi connectivity index (χ4v) is 5.78. The van der Waals surface area contributed by atoms with E-state index in [0.29, 0.717) is 31.8 Å². The van der Waals surface area contributed by atoms with Crippen molar-refractivity contribution < 1.29 is 14.0 Å². The highest BCUT2D eigenvalue weighted by molar-refractivity contribution is 5.88. The highest BCUT2D eigenvalue weighted by Gasteiger charge is 2.54. The maximum absolute atomic E-state index is 13.9. The number of hydrogen-bond acceptors (Lipinski definition) is 3. The van der Waals surface area contributed by atoms with E-state index in [0.717, 1.165) is 57.4 Å². The normalized spacial score (nSPS) is 26.9. The Labute approximate surface area is 185 Å². The van der Waals surface area contributed by atoms with E-state index in [1.807, 2.05) is 17.0 Å². The molecule has 2 saturated heterocycles. The third-order valence-corrected chi connectivity index (χ3v) is 7.60. The minimum Gasteiger partial charge on any atom is -0.368 e. The number of likely N-dealkylation sites (tertiary alicyclic amines) is 1. The van der Waals surface area contributed by atoms with Gasteiger partial charge in [-0.25, -0.2) is 4.39 Å². The van der Waals surface area contributed by atoms with Crippen LogP contribution in [0.3, 0.4) is 0 Å². The Balaban J connectivity index is 1.47. The topological polar surface area (TPSA) is 43.9 Å². The highest BCUT2D eigenvalue weighted by atomic mass is 19.1. The Kier molecular flexibility index (Phi) is 6.54. The molecule has 1 saturated carbocycles. The Bertz CT molecular complexity index is 788. The average molecular weight is 430 g/mol. The molecule has 0 unspecified atom stereocenters. The molecule has 1 aromatic carbocycles. The molecule has 0 radical (unpaired) electrons. The average Bonchev–Trinajstić information content (AvgIpc) is 2.78. The van der Waals surface area contributed by atoms with Gasteiger partial charge in [0.1, 0.15) is 5.82 Å². The van der Waals surface area contributed by atoms with Gasteiger partial charge in [0.2, 0.25) is 11.8 Å². The molecular weight excluding hydrogens is 393 g/mol. The largest absolute Gasteiger partial charge is 0.368 e. The Hall–Kier alpha value is -2.11. The molecule has 3 fully saturated rings. The third kappa shape index (κ3) is 4.44. The van der Waals surface area contributed by atoms with Crippen LogP contribution in [0.4, 0.5) is 10.1 Å². The number of piperidine rings is 1. The molecule has 0 spiro atoms. The van der Waals surface area contributed by atoms with E-state index < -0.39 is 5.41 Å².